The molecule has 8 nitrogen and oxygen atoms in total. The molecule has 1 fully saturated rings. The van der Waals surface area contributed by atoms with Gasteiger partial charge in [0.05, 0.1) is 11.4 Å². The number of pyridine rings is 1. The van der Waals surface area contributed by atoms with E-state index in [0.29, 0.717) is 35.7 Å². The number of carbonyl (C=O) groups excluding carboxylic acids is 2. The number of aromatic nitrogens is 1. The summed E-state index contributed by atoms with van der Waals surface area (Å²) in [5.41, 5.74) is 2.39. The van der Waals surface area contributed by atoms with E-state index in [2.05, 4.69) is 31.5 Å². The Morgan fingerprint density at radius 3 is 2.52 bits per heavy atom. The van der Waals surface area contributed by atoms with Crippen LogP contribution in [0.2, 0.25) is 0 Å². The molecule has 6 rings (SSSR count). The second kappa shape index (κ2) is 10.4. The molecule has 0 saturated carbocycles. The van der Waals surface area contributed by atoms with Crippen LogP contribution in [0.5, 0.6) is 0 Å². The van der Waals surface area contributed by atoms with Crippen molar-refractivity contribution in [2.24, 2.45) is 5.92 Å². The number of amides is 2. The van der Waals surface area contributed by atoms with E-state index in [0.717, 1.165) is 24.2 Å². The van der Waals surface area contributed by atoms with Gasteiger partial charge in [0.15, 0.2) is 22.1 Å². The second-order valence-electron chi connectivity index (χ2n) is 9.98. The van der Waals surface area contributed by atoms with Gasteiger partial charge < -0.3 is 24.5 Å². The average molecular weight is 609 g/mol. The molecular weight excluding hydrogens is 586 g/mol. The maximum Gasteiger partial charge on any atom is 0.291 e. The largest absolute Gasteiger partial charge is 0.444 e. The fraction of sp³-hybridized carbons (Fsp3) is 0.207. The maximum atomic E-state index is 13.7. The summed E-state index contributed by atoms with van der Waals surface area (Å²) in [4.78, 5) is 40.7. The van der Waals surface area contributed by atoms with Crippen LogP contribution >= 0.6 is 15.9 Å². The predicted octanol–water partition coefficient (Wildman–Crippen LogP) is 5.61. The molecule has 1 saturated heterocycles. The van der Waals surface area contributed by atoms with Crippen molar-refractivity contribution in [1.29, 1.82) is 0 Å². The molecule has 2 aliphatic rings. The first-order chi connectivity index (χ1) is 19.2. The van der Waals surface area contributed by atoms with Gasteiger partial charge in [0, 0.05) is 54.6 Å². The molecule has 11 heteroatoms. The zero-order valence-electron chi connectivity index (χ0n) is 21.0. The molecule has 2 N–H and O–H groups in total. The van der Waals surface area contributed by atoms with E-state index < -0.39 is 23.4 Å². The number of nitrogens with zero attached hydrogens (tertiary/aromatic N) is 2. The van der Waals surface area contributed by atoms with Gasteiger partial charge in [-0.05, 0) is 76.8 Å². The number of halogens is 3. The molecule has 0 spiro atoms. The maximum absolute atomic E-state index is 13.7. The predicted molar refractivity (Wildman–Crippen MR) is 149 cm³/mol. The molecular formula is C29H23BrF2N4O4. The summed E-state index contributed by atoms with van der Waals surface area (Å²) in [6, 6.07) is 16.5. The van der Waals surface area contributed by atoms with E-state index in [4.69, 9.17) is 4.42 Å². The van der Waals surface area contributed by atoms with Crippen molar-refractivity contribution in [3.05, 3.63) is 110 Å². The molecule has 204 valence electrons. The highest BCUT2D eigenvalue weighted by Gasteiger charge is 2.35. The van der Waals surface area contributed by atoms with Gasteiger partial charge in [0.2, 0.25) is 0 Å². The van der Waals surface area contributed by atoms with Gasteiger partial charge in [0.1, 0.15) is 0 Å². The third kappa shape index (κ3) is 5.04. The Labute approximate surface area is 235 Å². The Kier molecular flexibility index (Phi) is 6.75. The number of anilines is 3. The van der Waals surface area contributed by atoms with E-state index in [-0.39, 0.29) is 34.4 Å². The van der Waals surface area contributed by atoms with Crippen LogP contribution in [0.15, 0.2) is 80.6 Å². The van der Waals surface area contributed by atoms with Crippen LogP contribution in [0.1, 0.15) is 38.9 Å². The molecule has 4 aromatic rings. The van der Waals surface area contributed by atoms with Crippen molar-refractivity contribution < 1.29 is 22.8 Å². The van der Waals surface area contributed by atoms with E-state index in [9.17, 15) is 23.2 Å². The Hall–Kier alpha value is -4.25. The van der Waals surface area contributed by atoms with Gasteiger partial charge in [-0.1, -0.05) is 6.07 Å². The first kappa shape index (κ1) is 26.0. The summed E-state index contributed by atoms with van der Waals surface area (Å²) in [5, 5.41) is 5.43. The summed E-state index contributed by atoms with van der Waals surface area (Å²) < 4.78 is 34.6. The zero-order valence-corrected chi connectivity index (χ0v) is 22.6. The van der Waals surface area contributed by atoms with Crippen molar-refractivity contribution in [1.82, 2.24) is 4.57 Å². The minimum atomic E-state index is -1.08. The van der Waals surface area contributed by atoms with Crippen molar-refractivity contribution >= 4 is 44.8 Å². The van der Waals surface area contributed by atoms with Crippen LogP contribution < -0.4 is 21.1 Å². The molecule has 0 aliphatic carbocycles. The van der Waals surface area contributed by atoms with Crippen LogP contribution in [0.25, 0.3) is 0 Å². The van der Waals surface area contributed by atoms with Gasteiger partial charge >= 0.3 is 0 Å². The van der Waals surface area contributed by atoms with Gasteiger partial charge in [-0.3, -0.25) is 14.4 Å². The summed E-state index contributed by atoms with van der Waals surface area (Å²) in [6.07, 6.45) is 0.955. The summed E-state index contributed by atoms with van der Waals surface area (Å²) >= 11 is 3.20. The third-order valence-corrected chi connectivity index (χ3v) is 7.73. The van der Waals surface area contributed by atoms with Crippen LogP contribution in [0.3, 0.4) is 0 Å². The number of carbonyl (C=O) groups is 2. The van der Waals surface area contributed by atoms with E-state index in [1.807, 2.05) is 10.6 Å². The highest BCUT2D eigenvalue weighted by Crippen LogP contribution is 2.39. The Morgan fingerprint density at radius 1 is 0.900 bits per heavy atom. The molecule has 4 heterocycles. The molecule has 2 atom stereocenters. The third-order valence-electron chi connectivity index (χ3n) is 7.30. The number of nitrogens with one attached hydrogen (secondary N) is 2. The number of benzene rings is 2. The molecule has 0 radical (unpaired) electrons. The van der Waals surface area contributed by atoms with Crippen molar-refractivity contribution in [2.75, 3.05) is 28.6 Å². The van der Waals surface area contributed by atoms with Crippen LogP contribution in [-0.2, 0) is 6.54 Å². The van der Waals surface area contributed by atoms with Crippen LogP contribution in [0.4, 0.5) is 25.8 Å². The lowest BCUT2D eigenvalue weighted by molar-refractivity contribution is 0.0992. The first-order valence-corrected chi connectivity index (χ1v) is 13.5. The second-order valence-corrected chi connectivity index (χ2v) is 10.8. The lowest BCUT2D eigenvalue weighted by Crippen LogP contribution is -2.47. The molecule has 2 amide bonds. The zero-order chi connectivity index (χ0) is 28.0. The van der Waals surface area contributed by atoms with Crippen LogP contribution in [-0.4, -0.2) is 29.5 Å². The highest BCUT2D eigenvalue weighted by atomic mass is 79.9. The highest BCUT2D eigenvalue weighted by molar-refractivity contribution is 9.10. The lowest BCUT2D eigenvalue weighted by atomic mass is 9.83. The number of hydrogen-bond donors (Lipinski definition) is 2. The first-order valence-electron chi connectivity index (χ1n) is 12.7. The number of piperidine rings is 1. The van der Waals surface area contributed by atoms with Gasteiger partial charge in [-0.2, -0.15) is 0 Å². The Morgan fingerprint density at radius 2 is 1.75 bits per heavy atom. The topological polar surface area (TPSA) is 96.6 Å². The van der Waals surface area contributed by atoms with Gasteiger partial charge in [-0.15, -0.1) is 0 Å². The fourth-order valence-corrected chi connectivity index (χ4v) is 5.85. The Bertz CT molecular complexity index is 1700. The molecule has 2 bridgehead atoms. The monoisotopic (exact) mass is 608 g/mol. The van der Waals surface area contributed by atoms with Crippen molar-refractivity contribution in [3.63, 3.8) is 0 Å². The van der Waals surface area contributed by atoms with Crippen molar-refractivity contribution in [2.45, 2.75) is 18.9 Å². The number of fused-ring (bicyclic) bond motifs is 4. The minimum Gasteiger partial charge on any atom is -0.444 e. The molecule has 2 aromatic carbocycles. The molecule has 2 aromatic heterocycles. The smallest absolute Gasteiger partial charge is 0.291 e. The van der Waals surface area contributed by atoms with E-state index in [1.165, 1.54) is 12.1 Å². The van der Waals surface area contributed by atoms with Crippen molar-refractivity contribution in [3.8, 4) is 0 Å². The number of hydrogen-bond acceptors (Lipinski definition) is 5. The summed E-state index contributed by atoms with van der Waals surface area (Å²) in [5.74, 6) is -2.72. The minimum absolute atomic E-state index is 0.00499. The normalized spacial score (nSPS) is 17.7. The average Bonchev–Trinajstić information content (AvgIpc) is 3.37. The summed E-state index contributed by atoms with van der Waals surface area (Å²) in [6.45, 7) is 1.89. The SMILES string of the molecule is O=C(Nc1ccc(F)c(F)c1)c1ccc(N2CC3CC(C2)c2cccc(=O)n2C3)c(NC(=O)c2ccc(Br)o2)c1. The number of rotatable bonds is 5. The molecule has 40 heavy (non-hydrogen) atoms. The van der Waals surface area contributed by atoms with Crippen LogP contribution in [0, 0.1) is 17.6 Å². The Balaban J connectivity index is 1.32. The van der Waals surface area contributed by atoms with Gasteiger partial charge in [0.25, 0.3) is 17.4 Å². The summed E-state index contributed by atoms with van der Waals surface area (Å²) in [7, 11) is 0. The lowest BCUT2D eigenvalue weighted by Gasteiger charge is -2.44. The van der Waals surface area contributed by atoms with E-state index in [1.54, 1.807) is 36.4 Å². The van der Waals surface area contributed by atoms with Gasteiger partial charge in [-0.25, -0.2) is 8.78 Å². The van der Waals surface area contributed by atoms with E-state index >= 15 is 0 Å². The fourth-order valence-electron chi connectivity index (χ4n) is 5.54. The number of furan rings is 1. The quantitative estimate of drug-likeness (QED) is 0.307. The molecule has 2 aliphatic heterocycles. The molecule has 2 unspecified atom stereocenters. The standard InChI is InChI=1S/C29H23BrF2N4O4/c30-26-9-8-25(40-26)29(39)34-22-11-17(28(38)33-19-5-6-20(31)21(32)12-19)4-7-24(22)35-13-16-10-18(15-35)23-2-1-3-27(37)36(23)14-16/h1-9,11-12,16,18H,10,13-15H2,(H,33,38)(H,34,39).